The summed E-state index contributed by atoms with van der Waals surface area (Å²) in [4.78, 5) is 7.38. The van der Waals surface area contributed by atoms with Gasteiger partial charge in [-0.05, 0) is 111 Å². The molecule has 0 fully saturated rings. The Labute approximate surface area is 332 Å². The number of benzene rings is 9. The van der Waals surface area contributed by atoms with Crippen LogP contribution in [0.15, 0.2) is 228 Å². The zero-order chi connectivity index (χ0) is 37.1. The highest BCUT2D eigenvalue weighted by molar-refractivity contribution is 8.00. The van der Waals surface area contributed by atoms with Crippen LogP contribution < -0.4 is 9.80 Å². The molecule has 1 aliphatic heterocycles. The summed E-state index contributed by atoms with van der Waals surface area (Å²) in [6, 6.07) is 79.9. The molecule has 0 radical (unpaired) electrons. The number of rotatable bonds is 6. The molecule has 2 aliphatic rings. The topological polar surface area (TPSA) is 6.48 Å². The molecule has 56 heavy (non-hydrogen) atoms. The van der Waals surface area contributed by atoms with Gasteiger partial charge in [0.25, 0.3) is 0 Å². The van der Waals surface area contributed by atoms with E-state index in [1.165, 1.54) is 59.6 Å². The van der Waals surface area contributed by atoms with Gasteiger partial charge in [-0.25, -0.2) is 0 Å². The Morgan fingerprint density at radius 1 is 0.321 bits per heavy atom. The quantitative estimate of drug-likeness (QED) is 0.168. The average Bonchev–Trinajstić information content (AvgIpc) is 3.55. The summed E-state index contributed by atoms with van der Waals surface area (Å²) in [5.41, 5.74) is 14.1. The van der Waals surface area contributed by atoms with Gasteiger partial charge in [-0.15, -0.1) is 0 Å². The minimum atomic E-state index is -0.552. The molecule has 1 atom stereocenters. The molecule has 0 bridgehead atoms. The van der Waals surface area contributed by atoms with Crippen LogP contribution in [0.2, 0.25) is 0 Å². The van der Waals surface area contributed by atoms with Crippen LogP contribution in [-0.4, -0.2) is 0 Å². The van der Waals surface area contributed by atoms with Crippen molar-refractivity contribution in [3.8, 4) is 11.1 Å². The Morgan fingerprint density at radius 3 is 1.48 bits per heavy atom. The molecule has 9 aromatic rings. The lowest BCUT2D eigenvalue weighted by atomic mass is 9.67. The first-order valence-corrected chi connectivity index (χ1v) is 20.0. The average molecular weight is 733 g/mol. The molecule has 1 aliphatic carbocycles. The summed E-state index contributed by atoms with van der Waals surface area (Å²) in [5, 5.41) is 2.53. The van der Waals surface area contributed by atoms with Crippen molar-refractivity contribution in [3.63, 3.8) is 0 Å². The second kappa shape index (κ2) is 13.2. The molecular formula is C53H36N2S. The van der Waals surface area contributed by atoms with Gasteiger partial charge in [-0.1, -0.05) is 163 Å². The predicted octanol–water partition coefficient (Wildman–Crippen LogP) is 14.6. The third kappa shape index (κ3) is 4.91. The van der Waals surface area contributed by atoms with E-state index in [0.29, 0.717) is 0 Å². The second-order valence-electron chi connectivity index (χ2n) is 14.5. The van der Waals surface area contributed by atoms with E-state index >= 15 is 0 Å². The summed E-state index contributed by atoms with van der Waals surface area (Å²) in [6.07, 6.45) is 0. The van der Waals surface area contributed by atoms with Gasteiger partial charge < -0.3 is 9.80 Å². The van der Waals surface area contributed by atoms with Gasteiger partial charge in [0.15, 0.2) is 0 Å². The van der Waals surface area contributed by atoms with E-state index < -0.39 is 5.41 Å². The molecule has 0 amide bonds. The third-order valence-corrected chi connectivity index (χ3v) is 12.7. The van der Waals surface area contributed by atoms with Crippen molar-refractivity contribution in [1.29, 1.82) is 0 Å². The Kier molecular flexibility index (Phi) is 7.68. The Morgan fingerprint density at radius 2 is 0.821 bits per heavy atom. The van der Waals surface area contributed by atoms with Gasteiger partial charge in [0, 0.05) is 38.2 Å². The lowest BCUT2D eigenvalue weighted by Gasteiger charge is -2.42. The lowest BCUT2D eigenvalue weighted by molar-refractivity contribution is 0.725. The molecule has 0 saturated heterocycles. The number of para-hydroxylation sites is 4. The smallest absolute Gasteiger partial charge is 0.0736 e. The molecule has 0 saturated carbocycles. The minimum absolute atomic E-state index is 0.552. The number of nitrogens with zero attached hydrogens (tertiary/aromatic N) is 2. The molecule has 1 heterocycles. The van der Waals surface area contributed by atoms with Crippen molar-refractivity contribution in [2.24, 2.45) is 0 Å². The molecule has 264 valence electrons. The van der Waals surface area contributed by atoms with E-state index in [4.69, 9.17) is 0 Å². The number of hydrogen-bond donors (Lipinski definition) is 0. The van der Waals surface area contributed by atoms with Crippen molar-refractivity contribution in [2.45, 2.75) is 15.2 Å². The molecule has 1 spiro atoms. The van der Waals surface area contributed by atoms with Gasteiger partial charge in [-0.3, -0.25) is 0 Å². The summed E-state index contributed by atoms with van der Waals surface area (Å²) in [5.74, 6) is 0. The highest BCUT2D eigenvalue weighted by Crippen LogP contribution is 2.65. The highest BCUT2D eigenvalue weighted by atomic mass is 32.2. The summed E-state index contributed by atoms with van der Waals surface area (Å²) in [6.45, 7) is 0. The van der Waals surface area contributed by atoms with Crippen molar-refractivity contribution in [2.75, 3.05) is 9.80 Å². The number of anilines is 6. The fraction of sp³-hybridized carbons (Fsp3) is 0.0189. The van der Waals surface area contributed by atoms with E-state index in [1.807, 2.05) is 11.8 Å². The van der Waals surface area contributed by atoms with Gasteiger partial charge in [0.2, 0.25) is 0 Å². The van der Waals surface area contributed by atoms with Crippen molar-refractivity contribution < 1.29 is 0 Å². The van der Waals surface area contributed by atoms with E-state index in [1.54, 1.807) is 0 Å². The summed E-state index contributed by atoms with van der Waals surface area (Å²) in [7, 11) is 0. The summed E-state index contributed by atoms with van der Waals surface area (Å²) >= 11 is 1.92. The largest absolute Gasteiger partial charge is 0.310 e. The minimum Gasteiger partial charge on any atom is -0.310 e. The fourth-order valence-corrected chi connectivity index (χ4v) is 10.6. The van der Waals surface area contributed by atoms with Gasteiger partial charge in [0.1, 0.15) is 0 Å². The van der Waals surface area contributed by atoms with Crippen molar-refractivity contribution in [1.82, 2.24) is 0 Å². The SMILES string of the molecule is c1ccc(N(c2ccccc2)c2ccc3c(c2)-c2ccccc2C32c3cccc(N(c4ccccc4)c4ccccc4)c3Sc3c2ccc2ccccc32)cc1. The van der Waals surface area contributed by atoms with E-state index in [-0.39, 0.29) is 0 Å². The van der Waals surface area contributed by atoms with E-state index in [9.17, 15) is 0 Å². The molecule has 0 aromatic heterocycles. The number of fused-ring (bicyclic) bond motifs is 11. The van der Waals surface area contributed by atoms with Crippen LogP contribution in [0.1, 0.15) is 22.3 Å². The molecule has 11 rings (SSSR count). The maximum absolute atomic E-state index is 2.43. The monoisotopic (exact) mass is 732 g/mol. The molecule has 9 aromatic carbocycles. The van der Waals surface area contributed by atoms with Crippen molar-refractivity contribution in [3.05, 3.63) is 241 Å². The fourth-order valence-electron chi connectivity index (χ4n) is 9.17. The van der Waals surface area contributed by atoms with Crippen LogP contribution >= 0.6 is 11.8 Å². The van der Waals surface area contributed by atoms with Crippen LogP contribution in [0.25, 0.3) is 21.9 Å². The van der Waals surface area contributed by atoms with E-state index in [0.717, 1.165) is 28.4 Å². The van der Waals surface area contributed by atoms with Gasteiger partial charge >= 0.3 is 0 Å². The normalized spacial score (nSPS) is 14.8. The van der Waals surface area contributed by atoms with Crippen LogP contribution in [0, 0.1) is 0 Å². The molecule has 1 unspecified atom stereocenters. The maximum atomic E-state index is 2.43. The zero-order valence-corrected chi connectivity index (χ0v) is 31.4. The third-order valence-electron chi connectivity index (χ3n) is 11.5. The maximum Gasteiger partial charge on any atom is 0.0736 e. The standard InChI is InChI=1S/C53H36N2S/c1-5-19-38(20-6-1)54(39-21-7-2-8-22-39)42-33-35-47-45(36-42)44-28-15-16-29-46(44)53(47)48-30-17-31-50(55(40-23-9-3-10-24-40)41-25-11-4-12-26-41)52(48)56-51-43-27-14-13-18-37(43)32-34-49(51)53/h1-36H. The lowest BCUT2D eigenvalue weighted by Crippen LogP contribution is -2.32. The first-order valence-electron chi connectivity index (χ1n) is 19.2. The van der Waals surface area contributed by atoms with Gasteiger partial charge in [0.05, 0.1) is 11.1 Å². The molecular weight excluding hydrogens is 697 g/mol. The zero-order valence-electron chi connectivity index (χ0n) is 30.6. The summed E-state index contributed by atoms with van der Waals surface area (Å²) < 4.78 is 0. The van der Waals surface area contributed by atoms with Crippen LogP contribution in [0.4, 0.5) is 34.1 Å². The molecule has 2 nitrogen and oxygen atoms in total. The van der Waals surface area contributed by atoms with Crippen LogP contribution in [0.3, 0.4) is 0 Å². The predicted molar refractivity (Wildman–Crippen MR) is 235 cm³/mol. The van der Waals surface area contributed by atoms with E-state index in [2.05, 4.69) is 228 Å². The Bertz CT molecular complexity index is 2810. The first kappa shape index (κ1) is 32.6. The molecule has 0 N–H and O–H groups in total. The van der Waals surface area contributed by atoms with Gasteiger partial charge in [-0.2, -0.15) is 0 Å². The number of hydrogen-bond acceptors (Lipinski definition) is 3. The highest BCUT2D eigenvalue weighted by Gasteiger charge is 2.51. The Balaban J connectivity index is 1.22. The van der Waals surface area contributed by atoms with Crippen LogP contribution in [-0.2, 0) is 5.41 Å². The van der Waals surface area contributed by atoms with Crippen molar-refractivity contribution >= 4 is 56.7 Å². The Hall–Kier alpha value is -6.81. The molecule has 3 heteroatoms. The first-order chi connectivity index (χ1) is 27.8. The van der Waals surface area contributed by atoms with Crippen LogP contribution in [0.5, 0.6) is 0 Å². The second-order valence-corrected chi connectivity index (χ2v) is 15.5.